The first-order valence-electron chi connectivity index (χ1n) is 5.52. The van der Waals surface area contributed by atoms with E-state index in [9.17, 15) is 4.79 Å². The summed E-state index contributed by atoms with van der Waals surface area (Å²) in [6.45, 7) is -0.138. The molecule has 2 aromatic rings. The topological polar surface area (TPSA) is 63.2 Å². The Morgan fingerprint density at radius 2 is 2.15 bits per heavy atom. The largest absolute Gasteiger partial charge is 0.484 e. The molecule has 1 heterocycles. The summed E-state index contributed by atoms with van der Waals surface area (Å²) < 4.78 is 5.29. The van der Waals surface area contributed by atoms with E-state index < -0.39 is 0 Å². The Kier molecular flexibility index (Phi) is 5.28. The number of nitrogens with one attached hydrogen (secondary N) is 2. The molecule has 5 nitrogen and oxygen atoms in total. The van der Waals surface area contributed by atoms with E-state index in [4.69, 9.17) is 28.6 Å². The first kappa shape index (κ1) is 14.7. The van der Waals surface area contributed by atoms with Gasteiger partial charge in [0, 0.05) is 16.6 Å². The standard InChI is InChI=1S/C12H10ClN3O2S2/c13-8-1-3-9(4-2-8)18-7-10(17)15-11(19)16-12-14-5-6-20-12/h1-6H,7H2,(H2,14,15,16,17,19). The van der Waals surface area contributed by atoms with E-state index in [1.807, 2.05) is 0 Å². The van der Waals surface area contributed by atoms with E-state index in [0.717, 1.165) is 0 Å². The molecule has 8 heteroatoms. The van der Waals surface area contributed by atoms with Gasteiger partial charge in [0.05, 0.1) is 0 Å². The number of benzene rings is 1. The van der Waals surface area contributed by atoms with E-state index in [-0.39, 0.29) is 17.6 Å². The summed E-state index contributed by atoms with van der Waals surface area (Å²) in [4.78, 5) is 15.6. The SMILES string of the molecule is O=C(COc1ccc(Cl)cc1)NC(=S)Nc1nccs1. The Labute approximate surface area is 129 Å². The van der Waals surface area contributed by atoms with Gasteiger partial charge >= 0.3 is 0 Å². The smallest absolute Gasteiger partial charge is 0.264 e. The van der Waals surface area contributed by atoms with Gasteiger partial charge in [0.1, 0.15) is 5.75 Å². The lowest BCUT2D eigenvalue weighted by Gasteiger charge is -2.08. The monoisotopic (exact) mass is 327 g/mol. The van der Waals surface area contributed by atoms with E-state index in [1.54, 1.807) is 35.8 Å². The quantitative estimate of drug-likeness (QED) is 0.845. The number of thiazole rings is 1. The summed E-state index contributed by atoms with van der Waals surface area (Å²) in [5.41, 5.74) is 0. The molecule has 0 spiro atoms. The number of hydrogen-bond acceptors (Lipinski definition) is 5. The number of amides is 1. The van der Waals surface area contributed by atoms with Crippen molar-refractivity contribution in [1.29, 1.82) is 0 Å². The number of ether oxygens (including phenoxy) is 1. The van der Waals surface area contributed by atoms with Crippen LogP contribution < -0.4 is 15.4 Å². The molecule has 0 bridgehead atoms. The second kappa shape index (κ2) is 7.18. The molecule has 1 amide bonds. The lowest BCUT2D eigenvalue weighted by atomic mass is 10.3. The normalized spacial score (nSPS) is 9.85. The van der Waals surface area contributed by atoms with Gasteiger partial charge < -0.3 is 10.1 Å². The van der Waals surface area contributed by atoms with Gasteiger partial charge in [0.25, 0.3) is 5.91 Å². The van der Waals surface area contributed by atoms with Crippen LogP contribution >= 0.6 is 35.2 Å². The van der Waals surface area contributed by atoms with Crippen molar-refractivity contribution in [2.24, 2.45) is 0 Å². The average Bonchev–Trinajstić information content (AvgIpc) is 2.90. The second-order valence-electron chi connectivity index (χ2n) is 3.58. The molecule has 0 unspecified atom stereocenters. The highest BCUT2D eigenvalue weighted by atomic mass is 35.5. The molecule has 0 atom stereocenters. The fourth-order valence-electron chi connectivity index (χ4n) is 1.26. The number of nitrogens with zero attached hydrogens (tertiary/aromatic N) is 1. The van der Waals surface area contributed by atoms with Gasteiger partial charge in [-0.2, -0.15) is 0 Å². The molecule has 0 aliphatic carbocycles. The minimum Gasteiger partial charge on any atom is -0.484 e. The minimum atomic E-state index is -0.353. The van der Waals surface area contributed by atoms with Crippen LogP contribution in [0.15, 0.2) is 35.8 Å². The van der Waals surface area contributed by atoms with Gasteiger partial charge in [0.2, 0.25) is 0 Å². The first-order chi connectivity index (χ1) is 9.63. The Hall–Kier alpha value is -1.70. The fraction of sp³-hybridized carbons (Fsp3) is 0.0833. The molecule has 2 N–H and O–H groups in total. The van der Waals surface area contributed by atoms with Crippen molar-refractivity contribution in [2.45, 2.75) is 0 Å². The lowest BCUT2D eigenvalue weighted by molar-refractivity contribution is -0.121. The van der Waals surface area contributed by atoms with Crippen molar-refractivity contribution in [3.05, 3.63) is 40.9 Å². The molecule has 20 heavy (non-hydrogen) atoms. The van der Waals surface area contributed by atoms with Crippen LogP contribution in [-0.2, 0) is 4.79 Å². The fourth-order valence-corrected chi connectivity index (χ4v) is 2.19. The molecule has 0 saturated heterocycles. The summed E-state index contributed by atoms with van der Waals surface area (Å²) in [5, 5.41) is 8.50. The summed E-state index contributed by atoms with van der Waals surface area (Å²) in [7, 11) is 0. The van der Waals surface area contributed by atoms with Gasteiger partial charge in [-0.05, 0) is 36.5 Å². The number of hydrogen-bond donors (Lipinski definition) is 2. The van der Waals surface area contributed by atoms with E-state index >= 15 is 0 Å². The van der Waals surface area contributed by atoms with Gasteiger partial charge in [-0.25, -0.2) is 4.98 Å². The van der Waals surface area contributed by atoms with Gasteiger partial charge in [0.15, 0.2) is 16.9 Å². The number of anilines is 1. The zero-order valence-electron chi connectivity index (χ0n) is 10.1. The first-order valence-corrected chi connectivity index (χ1v) is 7.19. The van der Waals surface area contributed by atoms with Crippen LogP contribution in [0, 0.1) is 0 Å². The van der Waals surface area contributed by atoms with E-state index in [0.29, 0.717) is 15.9 Å². The number of carbonyl (C=O) groups is 1. The number of thiocarbonyl (C=S) groups is 1. The summed E-state index contributed by atoms with van der Waals surface area (Å²) in [5.74, 6) is 0.206. The summed E-state index contributed by atoms with van der Waals surface area (Å²) >= 11 is 12.1. The predicted octanol–water partition coefficient (Wildman–Crippen LogP) is 2.69. The average molecular weight is 328 g/mol. The van der Waals surface area contributed by atoms with Crippen LogP contribution in [0.5, 0.6) is 5.75 Å². The Bertz CT molecular complexity index is 587. The van der Waals surface area contributed by atoms with Crippen molar-refractivity contribution in [3.8, 4) is 5.75 Å². The molecule has 0 saturated carbocycles. The van der Waals surface area contributed by atoms with Crippen LogP contribution in [0.25, 0.3) is 0 Å². The maximum absolute atomic E-state index is 11.6. The molecular formula is C12H10ClN3O2S2. The molecule has 0 aliphatic rings. The highest BCUT2D eigenvalue weighted by molar-refractivity contribution is 7.80. The third-order valence-electron chi connectivity index (χ3n) is 2.09. The lowest BCUT2D eigenvalue weighted by Crippen LogP contribution is -2.37. The molecule has 2 rings (SSSR count). The van der Waals surface area contributed by atoms with E-state index in [1.165, 1.54) is 11.3 Å². The molecule has 0 radical (unpaired) electrons. The zero-order valence-corrected chi connectivity index (χ0v) is 12.5. The van der Waals surface area contributed by atoms with Crippen molar-refractivity contribution >= 4 is 51.3 Å². The molecule has 104 valence electrons. The molecule has 1 aromatic carbocycles. The van der Waals surface area contributed by atoms with Gasteiger partial charge in [-0.15, -0.1) is 11.3 Å². The second-order valence-corrected chi connectivity index (χ2v) is 5.32. The number of carbonyl (C=O) groups excluding carboxylic acids is 1. The van der Waals surface area contributed by atoms with Crippen molar-refractivity contribution in [2.75, 3.05) is 11.9 Å². The van der Waals surface area contributed by atoms with Crippen LogP contribution in [0.1, 0.15) is 0 Å². The third-order valence-corrected chi connectivity index (χ3v) is 3.23. The minimum absolute atomic E-state index is 0.138. The summed E-state index contributed by atoms with van der Waals surface area (Å²) in [6.07, 6.45) is 1.64. The van der Waals surface area contributed by atoms with Crippen molar-refractivity contribution in [3.63, 3.8) is 0 Å². The molecular weight excluding hydrogens is 318 g/mol. The van der Waals surface area contributed by atoms with Crippen LogP contribution in [0.4, 0.5) is 5.13 Å². The van der Waals surface area contributed by atoms with Crippen LogP contribution in [-0.4, -0.2) is 22.6 Å². The molecule has 1 aromatic heterocycles. The number of halogens is 1. The van der Waals surface area contributed by atoms with Gasteiger partial charge in [-0.1, -0.05) is 11.6 Å². The van der Waals surface area contributed by atoms with E-state index in [2.05, 4.69) is 15.6 Å². The Balaban J connectivity index is 1.75. The van der Waals surface area contributed by atoms with Crippen LogP contribution in [0.2, 0.25) is 5.02 Å². The molecule has 0 aliphatic heterocycles. The Morgan fingerprint density at radius 3 is 2.80 bits per heavy atom. The summed E-state index contributed by atoms with van der Waals surface area (Å²) in [6, 6.07) is 6.73. The highest BCUT2D eigenvalue weighted by Crippen LogP contribution is 2.15. The molecule has 0 fully saturated rings. The maximum atomic E-state index is 11.6. The number of rotatable bonds is 4. The van der Waals surface area contributed by atoms with Crippen LogP contribution in [0.3, 0.4) is 0 Å². The third kappa shape index (κ3) is 4.76. The maximum Gasteiger partial charge on any atom is 0.264 e. The number of aromatic nitrogens is 1. The van der Waals surface area contributed by atoms with Crippen molar-refractivity contribution < 1.29 is 9.53 Å². The van der Waals surface area contributed by atoms with Gasteiger partial charge in [-0.3, -0.25) is 10.1 Å². The Morgan fingerprint density at radius 1 is 1.40 bits per heavy atom. The predicted molar refractivity (Wildman–Crippen MR) is 83.4 cm³/mol. The van der Waals surface area contributed by atoms with Crippen molar-refractivity contribution in [1.82, 2.24) is 10.3 Å². The zero-order chi connectivity index (χ0) is 14.4. The highest BCUT2D eigenvalue weighted by Gasteiger charge is 2.06.